The van der Waals surface area contributed by atoms with Gasteiger partial charge in [-0.05, 0) is 36.4 Å². The molecule has 144 valence electrons. The predicted molar refractivity (Wildman–Crippen MR) is 117 cm³/mol. The molecule has 1 aromatic carbocycles. The lowest BCUT2D eigenvalue weighted by Gasteiger charge is -2.23. The van der Waals surface area contributed by atoms with Gasteiger partial charge in [-0.1, -0.05) is 25.3 Å². The highest BCUT2D eigenvalue weighted by Crippen LogP contribution is 2.33. The van der Waals surface area contributed by atoms with Crippen LogP contribution in [0.2, 0.25) is 0 Å². The van der Waals surface area contributed by atoms with E-state index in [9.17, 15) is 0 Å². The molecule has 0 bridgehead atoms. The molecule has 4 aromatic heterocycles. The number of hydrogen-bond donors (Lipinski definition) is 0. The van der Waals surface area contributed by atoms with E-state index in [1.54, 1.807) is 11.3 Å². The Hall–Kier alpha value is -2.99. The number of rotatable bonds is 3. The summed E-state index contributed by atoms with van der Waals surface area (Å²) in [5.74, 6) is 0. The number of thiophene rings is 1. The van der Waals surface area contributed by atoms with E-state index in [1.165, 1.54) is 37.6 Å². The maximum absolute atomic E-state index is 4.98. The number of imidazole rings is 2. The third-order valence-electron chi connectivity index (χ3n) is 6.01. The van der Waals surface area contributed by atoms with Gasteiger partial charge in [0.05, 0.1) is 23.1 Å². The van der Waals surface area contributed by atoms with Crippen LogP contribution in [0.1, 0.15) is 38.1 Å². The van der Waals surface area contributed by atoms with Gasteiger partial charge in [0.15, 0.2) is 5.65 Å². The van der Waals surface area contributed by atoms with Crippen LogP contribution >= 0.6 is 11.3 Å². The Morgan fingerprint density at radius 1 is 1.00 bits per heavy atom. The molecule has 0 saturated heterocycles. The fourth-order valence-electron chi connectivity index (χ4n) is 4.50. The second-order valence-electron chi connectivity index (χ2n) is 7.79. The van der Waals surface area contributed by atoms with Crippen molar-refractivity contribution < 1.29 is 0 Å². The van der Waals surface area contributed by atoms with Crippen LogP contribution in [0.4, 0.5) is 0 Å². The first kappa shape index (κ1) is 16.9. The van der Waals surface area contributed by atoms with Crippen LogP contribution in [0.15, 0.2) is 59.9 Å². The van der Waals surface area contributed by atoms with Gasteiger partial charge in [0.25, 0.3) is 0 Å². The Kier molecular flexibility index (Phi) is 3.97. The standard InChI is InChI=1S/C23H21N5S/c1-2-4-18(5-3-1)28-15-25-19-12-16(6-7-21(19)28)22-23-24-9-10-27(23)13-20(26-22)17-8-11-29-14-17/h6-15,18H,1-5H2. The van der Waals surface area contributed by atoms with Crippen molar-refractivity contribution in [3.63, 3.8) is 0 Å². The number of aromatic nitrogens is 5. The molecule has 5 aromatic rings. The van der Waals surface area contributed by atoms with E-state index in [-0.39, 0.29) is 0 Å². The van der Waals surface area contributed by atoms with Crippen molar-refractivity contribution in [2.75, 3.05) is 0 Å². The summed E-state index contributed by atoms with van der Waals surface area (Å²) in [4.78, 5) is 14.3. The zero-order chi connectivity index (χ0) is 19.2. The lowest BCUT2D eigenvalue weighted by atomic mass is 9.95. The highest BCUT2D eigenvalue weighted by Gasteiger charge is 2.18. The summed E-state index contributed by atoms with van der Waals surface area (Å²) in [6.07, 6.45) is 14.4. The average Bonchev–Trinajstić information content (AvgIpc) is 3.53. The molecular weight excluding hydrogens is 378 g/mol. The van der Waals surface area contributed by atoms with Crippen LogP contribution in [0.25, 0.3) is 39.2 Å². The number of hydrogen-bond acceptors (Lipinski definition) is 4. The Morgan fingerprint density at radius 3 is 2.79 bits per heavy atom. The molecule has 1 saturated carbocycles. The van der Waals surface area contributed by atoms with Crippen LogP contribution in [-0.2, 0) is 0 Å². The smallest absolute Gasteiger partial charge is 0.163 e. The molecule has 6 heteroatoms. The van der Waals surface area contributed by atoms with Crippen molar-refractivity contribution in [3.05, 3.63) is 59.9 Å². The molecule has 0 amide bonds. The first-order valence-corrected chi connectivity index (χ1v) is 11.1. The molecule has 0 spiro atoms. The summed E-state index contributed by atoms with van der Waals surface area (Å²) in [7, 11) is 0. The van der Waals surface area contributed by atoms with Gasteiger partial charge >= 0.3 is 0 Å². The van der Waals surface area contributed by atoms with Crippen molar-refractivity contribution >= 4 is 28.0 Å². The molecule has 1 aliphatic carbocycles. The van der Waals surface area contributed by atoms with E-state index in [0.29, 0.717) is 6.04 Å². The van der Waals surface area contributed by atoms with E-state index in [0.717, 1.165) is 33.7 Å². The first-order valence-electron chi connectivity index (χ1n) is 10.2. The van der Waals surface area contributed by atoms with Gasteiger partial charge in [0.2, 0.25) is 0 Å². The highest BCUT2D eigenvalue weighted by atomic mass is 32.1. The van der Waals surface area contributed by atoms with Gasteiger partial charge < -0.3 is 8.97 Å². The minimum absolute atomic E-state index is 0.582. The number of nitrogens with zero attached hydrogens (tertiary/aromatic N) is 5. The summed E-state index contributed by atoms with van der Waals surface area (Å²) >= 11 is 1.68. The summed E-state index contributed by atoms with van der Waals surface area (Å²) < 4.78 is 4.43. The summed E-state index contributed by atoms with van der Waals surface area (Å²) in [5, 5.41) is 4.21. The van der Waals surface area contributed by atoms with E-state index in [1.807, 2.05) is 24.9 Å². The second-order valence-corrected chi connectivity index (χ2v) is 8.57. The predicted octanol–water partition coefficient (Wildman–Crippen LogP) is 5.98. The minimum atomic E-state index is 0.582. The van der Waals surface area contributed by atoms with Crippen molar-refractivity contribution in [1.29, 1.82) is 0 Å². The molecule has 0 radical (unpaired) electrons. The Bertz CT molecular complexity index is 1290. The van der Waals surface area contributed by atoms with Gasteiger partial charge in [-0.15, -0.1) is 0 Å². The zero-order valence-electron chi connectivity index (χ0n) is 16.0. The van der Waals surface area contributed by atoms with Crippen LogP contribution in [-0.4, -0.2) is 23.9 Å². The molecule has 4 heterocycles. The Morgan fingerprint density at radius 2 is 1.93 bits per heavy atom. The largest absolute Gasteiger partial charge is 0.327 e. The molecule has 0 unspecified atom stereocenters. The highest BCUT2D eigenvalue weighted by molar-refractivity contribution is 7.08. The van der Waals surface area contributed by atoms with E-state index >= 15 is 0 Å². The molecule has 0 N–H and O–H groups in total. The van der Waals surface area contributed by atoms with Gasteiger partial charge in [0.1, 0.15) is 5.69 Å². The average molecular weight is 400 g/mol. The van der Waals surface area contributed by atoms with Crippen LogP contribution < -0.4 is 0 Å². The molecule has 1 aliphatic rings. The zero-order valence-corrected chi connectivity index (χ0v) is 16.8. The van der Waals surface area contributed by atoms with Crippen molar-refractivity contribution in [2.45, 2.75) is 38.1 Å². The molecule has 1 fully saturated rings. The summed E-state index contributed by atoms with van der Waals surface area (Å²) in [6.45, 7) is 0. The monoisotopic (exact) mass is 399 g/mol. The fourth-order valence-corrected chi connectivity index (χ4v) is 5.15. The van der Waals surface area contributed by atoms with E-state index < -0.39 is 0 Å². The van der Waals surface area contributed by atoms with E-state index in [2.05, 4.69) is 49.0 Å². The normalized spacial score (nSPS) is 15.4. The number of fused-ring (bicyclic) bond motifs is 2. The van der Waals surface area contributed by atoms with Crippen LogP contribution in [0.5, 0.6) is 0 Å². The van der Waals surface area contributed by atoms with Crippen molar-refractivity contribution in [2.24, 2.45) is 0 Å². The Balaban J connectivity index is 1.48. The lowest BCUT2D eigenvalue weighted by Crippen LogP contribution is -2.11. The van der Waals surface area contributed by atoms with Crippen molar-refractivity contribution in [1.82, 2.24) is 23.9 Å². The molecule has 29 heavy (non-hydrogen) atoms. The third-order valence-corrected chi connectivity index (χ3v) is 6.69. The quantitative estimate of drug-likeness (QED) is 0.375. The van der Waals surface area contributed by atoms with Gasteiger partial charge in [-0.2, -0.15) is 11.3 Å². The maximum Gasteiger partial charge on any atom is 0.163 e. The Labute approximate surface area is 172 Å². The molecule has 5 nitrogen and oxygen atoms in total. The van der Waals surface area contributed by atoms with Crippen LogP contribution in [0.3, 0.4) is 0 Å². The molecule has 0 aliphatic heterocycles. The summed E-state index contributed by atoms with van der Waals surface area (Å²) in [6, 6.07) is 9.21. The van der Waals surface area contributed by atoms with Gasteiger partial charge in [-0.3, -0.25) is 0 Å². The van der Waals surface area contributed by atoms with Gasteiger partial charge in [-0.25, -0.2) is 15.0 Å². The lowest BCUT2D eigenvalue weighted by molar-refractivity contribution is 0.359. The third kappa shape index (κ3) is 2.86. The van der Waals surface area contributed by atoms with Gasteiger partial charge in [0, 0.05) is 41.1 Å². The van der Waals surface area contributed by atoms with Crippen molar-refractivity contribution in [3.8, 4) is 22.5 Å². The fraction of sp³-hybridized carbons (Fsp3) is 0.261. The van der Waals surface area contributed by atoms with Crippen LogP contribution in [0, 0.1) is 0 Å². The maximum atomic E-state index is 4.98. The SMILES string of the molecule is c1cn2cc(-c3ccsc3)nc(-c3ccc4c(c3)ncn4C3CCCCC3)c2n1. The molecular formula is C23H21N5S. The number of benzene rings is 1. The topological polar surface area (TPSA) is 48.0 Å². The first-order chi connectivity index (χ1) is 14.4. The minimum Gasteiger partial charge on any atom is -0.327 e. The molecule has 6 rings (SSSR count). The molecule has 0 atom stereocenters. The van der Waals surface area contributed by atoms with E-state index in [4.69, 9.17) is 9.97 Å². The summed E-state index contributed by atoms with van der Waals surface area (Å²) in [5.41, 5.74) is 7.16. The second kappa shape index (κ2) is 6.81.